The number of fused-ring (bicyclic) bond motifs is 8. The number of amides is 1. The van der Waals surface area contributed by atoms with Crippen molar-refractivity contribution in [2.75, 3.05) is 26.0 Å². The van der Waals surface area contributed by atoms with E-state index in [-0.39, 0.29) is 17.7 Å². The minimum atomic E-state index is -1.40. The smallest absolute Gasteiger partial charge is 0.222 e. The Kier molecular flexibility index (Phi) is 12.2. The monoisotopic (exact) mass is 757 g/mol. The fourth-order valence-corrected chi connectivity index (χ4v) is 9.09. The van der Waals surface area contributed by atoms with Crippen molar-refractivity contribution in [1.29, 1.82) is 0 Å². The lowest BCUT2D eigenvalue weighted by atomic mass is 9.85. The Morgan fingerprint density at radius 3 is 2.41 bits per heavy atom. The molecule has 0 aliphatic carbocycles. The van der Waals surface area contributed by atoms with Crippen LogP contribution in [-0.4, -0.2) is 107 Å². The Morgan fingerprint density at radius 2 is 1.70 bits per heavy atom. The highest BCUT2D eigenvalue weighted by Gasteiger charge is 2.43. The van der Waals surface area contributed by atoms with E-state index >= 15 is 0 Å². The Morgan fingerprint density at radius 1 is 0.981 bits per heavy atom. The van der Waals surface area contributed by atoms with Crippen LogP contribution in [0.3, 0.4) is 0 Å². The second kappa shape index (κ2) is 16.5. The molecule has 3 aliphatic rings. The third kappa shape index (κ3) is 7.69. The molecule has 0 saturated carbocycles. The van der Waals surface area contributed by atoms with Gasteiger partial charge in [0.2, 0.25) is 5.91 Å². The van der Waals surface area contributed by atoms with E-state index in [2.05, 4.69) is 82.4 Å². The molecule has 6 heterocycles. The van der Waals surface area contributed by atoms with E-state index in [1.807, 2.05) is 6.08 Å². The topological polar surface area (TPSA) is 168 Å². The molecular weight excluding hydrogens is 703 g/mol. The summed E-state index contributed by atoms with van der Waals surface area (Å²) in [6, 6.07) is 6.47. The molecule has 0 spiro atoms. The number of nitrogens with zero attached hydrogens (tertiary/aromatic N) is 3. The number of aromatic amines is 2. The normalized spacial score (nSPS) is 24.1. The summed E-state index contributed by atoms with van der Waals surface area (Å²) < 4.78 is 5.60. The molecule has 6 rings (SSSR count). The first-order chi connectivity index (χ1) is 25.8. The van der Waals surface area contributed by atoms with Crippen molar-refractivity contribution >= 4 is 57.5 Å². The quantitative estimate of drug-likeness (QED) is 0.128. The largest absolute Gasteiger partial charge is 0.394 e. The van der Waals surface area contributed by atoms with Gasteiger partial charge in [0.15, 0.2) is 0 Å². The summed E-state index contributed by atoms with van der Waals surface area (Å²) >= 11 is 1.30. The molecule has 1 amide bonds. The van der Waals surface area contributed by atoms with Crippen molar-refractivity contribution < 1.29 is 30.0 Å². The molecule has 6 N–H and O–H groups in total. The van der Waals surface area contributed by atoms with Crippen LogP contribution in [0.4, 0.5) is 0 Å². The summed E-state index contributed by atoms with van der Waals surface area (Å²) in [5, 5.41) is 40.0. The first-order valence-electron chi connectivity index (χ1n) is 19.0. The molecule has 54 heavy (non-hydrogen) atoms. The molecule has 12 heteroatoms. The number of ether oxygens (including phenoxy) is 1. The van der Waals surface area contributed by atoms with Crippen LogP contribution >= 0.6 is 11.8 Å². The highest BCUT2D eigenvalue weighted by atomic mass is 32.2. The highest BCUT2D eigenvalue weighted by molar-refractivity contribution is 7.99. The molecule has 3 aromatic heterocycles. The Balaban J connectivity index is 1.27. The first kappa shape index (κ1) is 39.9. The average molecular weight is 758 g/mol. The van der Waals surface area contributed by atoms with Crippen LogP contribution in [0, 0.1) is 20.8 Å². The van der Waals surface area contributed by atoms with Gasteiger partial charge in [-0.3, -0.25) is 9.78 Å². The number of H-pyrrole nitrogens is 2. The van der Waals surface area contributed by atoms with Gasteiger partial charge < -0.3 is 40.0 Å². The van der Waals surface area contributed by atoms with Crippen LogP contribution in [0.5, 0.6) is 0 Å². The van der Waals surface area contributed by atoms with Crippen LogP contribution in [-0.2, 0) is 16.0 Å². The van der Waals surface area contributed by atoms with Gasteiger partial charge in [-0.1, -0.05) is 26.5 Å². The summed E-state index contributed by atoms with van der Waals surface area (Å²) in [5.41, 5.74) is 13.8. The van der Waals surface area contributed by atoms with Crippen molar-refractivity contribution in [3.8, 4) is 0 Å². The van der Waals surface area contributed by atoms with Crippen molar-refractivity contribution in [1.82, 2.24) is 24.8 Å². The third-order valence-electron chi connectivity index (χ3n) is 11.5. The van der Waals surface area contributed by atoms with E-state index in [0.29, 0.717) is 31.6 Å². The standard InChI is InChI=1S/C42H55N5O6S/c1-9-26-23(5)32-19-35-27(10-2)22(4)31(44-35)18-33-24(6)28(38(46-33)25(7)30-16-21(3)29(43-30)17-34(26)45-32)12-13-37(49)47(8)14-11-15-54-42-41(52)40(51)39(50)36(20-48)53-42/h10,16-19,24,28,36,39-42,44-45,48,50-52H,2,9,11-15,20H2,1,3-8H3/t24-,28-,36+,39+,40-,41+,42-/m0/s1. The summed E-state index contributed by atoms with van der Waals surface area (Å²) in [6.45, 7) is 17.0. The molecule has 1 saturated heterocycles. The maximum Gasteiger partial charge on any atom is 0.222 e. The van der Waals surface area contributed by atoms with Crippen molar-refractivity contribution in [2.45, 2.75) is 109 Å². The van der Waals surface area contributed by atoms with Crippen molar-refractivity contribution in [3.05, 3.63) is 75.4 Å². The zero-order chi connectivity index (χ0) is 39.0. The lowest BCUT2D eigenvalue weighted by Crippen LogP contribution is -2.57. The summed E-state index contributed by atoms with van der Waals surface area (Å²) in [6.07, 6.45) is 1.56. The number of aryl methyl sites for hydroxylation is 3. The number of allylic oxidation sites excluding steroid dienone is 1. The third-order valence-corrected chi connectivity index (χ3v) is 12.8. The van der Waals surface area contributed by atoms with Gasteiger partial charge in [0.25, 0.3) is 0 Å². The van der Waals surface area contributed by atoms with E-state index < -0.39 is 36.5 Å². The number of hydrogen-bond acceptors (Lipinski definition) is 9. The van der Waals surface area contributed by atoms with Crippen LogP contribution in [0.15, 0.2) is 24.8 Å². The molecule has 7 atom stereocenters. The van der Waals surface area contributed by atoms with Gasteiger partial charge in [0.05, 0.1) is 18.0 Å². The molecule has 3 aromatic rings. The second-order valence-corrected chi connectivity index (χ2v) is 16.2. The molecule has 0 unspecified atom stereocenters. The zero-order valence-electron chi connectivity index (χ0n) is 32.4. The average Bonchev–Trinajstić information content (AvgIpc) is 3.86. The van der Waals surface area contributed by atoms with E-state index in [1.54, 1.807) is 11.9 Å². The molecular formula is C42H55N5O6S. The first-order valence-corrected chi connectivity index (χ1v) is 20.0. The number of thioether (sulfide) groups is 1. The van der Waals surface area contributed by atoms with Gasteiger partial charge in [-0.05, 0) is 105 Å². The minimum absolute atomic E-state index is 0.00974. The summed E-state index contributed by atoms with van der Waals surface area (Å²) in [4.78, 5) is 33.0. The number of aliphatic hydroxyl groups is 4. The van der Waals surface area contributed by atoms with Crippen LogP contribution in [0.25, 0.3) is 39.8 Å². The maximum atomic E-state index is 13.5. The molecule has 0 radical (unpaired) electrons. The van der Waals surface area contributed by atoms with Gasteiger partial charge in [0, 0.05) is 70.9 Å². The van der Waals surface area contributed by atoms with E-state index in [4.69, 9.17) is 14.7 Å². The van der Waals surface area contributed by atoms with E-state index in [1.165, 1.54) is 22.9 Å². The molecule has 290 valence electrons. The number of aromatic nitrogens is 4. The molecule has 11 nitrogen and oxygen atoms in total. The number of carbonyl (C=O) groups is 1. The highest BCUT2D eigenvalue weighted by Crippen LogP contribution is 2.42. The fraction of sp³-hybridized carbons (Fsp3) is 0.500. The van der Waals surface area contributed by atoms with Gasteiger partial charge in [-0.15, -0.1) is 11.8 Å². The summed E-state index contributed by atoms with van der Waals surface area (Å²) in [7, 11) is 1.80. The minimum Gasteiger partial charge on any atom is -0.394 e. The predicted octanol–water partition coefficient (Wildman–Crippen LogP) is 6.06. The number of hydrogen-bond donors (Lipinski definition) is 6. The van der Waals surface area contributed by atoms with Crippen LogP contribution in [0.1, 0.15) is 102 Å². The summed E-state index contributed by atoms with van der Waals surface area (Å²) in [5.74, 6) is 0.661. The van der Waals surface area contributed by atoms with Gasteiger partial charge in [0.1, 0.15) is 29.9 Å². The fourth-order valence-electron chi connectivity index (χ4n) is 7.98. The number of aliphatic hydroxyl groups excluding tert-OH is 4. The molecule has 1 fully saturated rings. The lowest BCUT2D eigenvalue weighted by molar-refractivity contribution is -0.205. The number of nitrogens with one attached hydrogen (secondary N) is 2. The van der Waals surface area contributed by atoms with Crippen molar-refractivity contribution in [2.24, 2.45) is 0 Å². The van der Waals surface area contributed by atoms with E-state index in [9.17, 15) is 25.2 Å². The van der Waals surface area contributed by atoms with Gasteiger partial charge in [-0.25, -0.2) is 4.98 Å². The van der Waals surface area contributed by atoms with Gasteiger partial charge in [-0.2, -0.15) is 0 Å². The van der Waals surface area contributed by atoms with Gasteiger partial charge >= 0.3 is 0 Å². The lowest BCUT2D eigenvalue weighted by Gasteiger charge is -2.39. The Hall–Kier alpha value is -3.78. The maximum absolute atomic E-state index is 13.5. The van der Waals surface area contributed by atoms with Crippen molar-refractivity contribution in [3.63, 3.8) is 0 Å². The molecule has 8 bridgehead atoms. The predicted molar refractivity (Wildman–Crippen MR) is 217 cm³/mol. The number of carbonyl (C=O) groups excluding carboxylic acids is 1. The second-order valence-electron chi connectivity index (χ2n) is 15.0. The Labute approximate surface area is 321 Å². The SMILES string of the molecule is C=Cc1c(C)c2cc3nc(c(C)c4nc(cc5[nH]c(cc1[nH]2)c(C)c5CC)C(C)=C4)[C@@H](CCC(=O)N(C)CCCS[C@@H]1O[C@H](CO)[C@@H](O)[C@H](O)[C@H]1O)[C@@H]3C. The molecule has 3 aliphatic heterocycles. The molecule has 0 aromatic carbocycles. The van der Waals surface area contributed by atoms with E-state index in [0.717, 1.165) is 73.5 Å². The number of rotatable bonds is 11. The zero-order valence-corrected chi connectivity index (χ0v) is 33.3. The Bertz CT molecular complexity index is 2100. The van der Waals surface area contributed by atoms with Crippen LogP contribution in [0.2, 0.25) is 0 Å². The van der Waals surface area contributed by atoms with Crippen LogP contribution < -0.4 is 0 Å².